The molecule has 2 fully saturated rings. The summed E-state index contributed by atoms with van der Waals surface area (Å²) < 4.78 is 48.6. The number of benzene rings is 1. The summed E-state index contributed by atoms with van der Waals surface area (Å²) in [6, 6.07) is 7.16. The zero-order valence-corrected chi connectivity index (χ0v) is 20.7. The minimum Gasteiger partial charge on any atom is -0.467 e. The van der Waals surface area contributed by atoms with Gasteiger partial charge in [0.2, 0.25) is 5.91 Å². The summed E-state index contributed by atoms with van der Waals surface area (Å²) in [7, 11) is -3.76. The number of halogens is 2. The van der Waals surface area contributed by atoms with E-state index in [1.807, 2.05) is 0 Å². The molecule has 2 aromatic heterocycles. The quantitative estimate of drug-likeness (QED) is 0.490. The van der Waals surface area contributed by atoms with Crippen LogP contribution < -0.4 is 4.74 Å². The monoisotopic (exact) mass is 529 g/mol. The molecule has 5 rings (SSSR count). The second-order valence-electron chi connectivity index (χ2n) is 8.04. The number of carbonyl (C=O) groups excluding carboxylic acids is 1. The Labute approximate surface area is 203 Å². The van der Waals surface area contributed by atoms with Gasteiger partial charge < -0.3 is 9.64 Å². The van der Waals surface area contributed by atoms with Crippen molar-refractivity contribution in [1.82, 2.24) is 14.2 Å². The lowest BCUT2D eigenvalue weighted by atomic mass is 10.1. The Hall–Kier alpha value is -1.79. The van der Waals surface area contributed by atoms with E-state index in [4.69, 9.17) is 16.3 Å². The highest BCUT2D eigenvalue weighted by Crippen LogP contribution is 2.34. The number of fused-ring (bicyclic) bond motifs is 1. The number of hydrogen-bond donors (Lipinski definition) is 0. The molecule has 12 heteroatoms. The molecular weight excluding hydrogens is 509 g/mol. The van der Waals surface area contributed by atoms with Crippen molar-refractivity contribution in [3.8, 4) is 5.19 Å². The number of thiazole rings is 1. The zero-order chi connectivity index (χ0) is 23.2. The second kappa shape index (κ2) is 9.10. The molecule has 33 heavy (non-hydrogen) atoms. The van der Waals surface area contributed by atoms with Gasteiger partial charge in [0.15, 0.2) is 0 Å². The maximum absolute atomic E-state index is 13.9. The first-order valence-corrected chi connectivity index (χ1v) is 14.1. The van der Waals surface area contributed by atoms with Crippen LogP contribution in [0.5, 0.6) is 5.19 Å². The number of rotatable bonds is 5. The zero-order valence-electron chi connectivity index (χ0n) is 17.4. The van der Waals surface area contributed by atoms with Crippen molar-refractivity contribution in [2.75, 3.05) is 19.6 Å². The van der Waals surface area contributed by atoms with Crippen LogP contribution in [-0.2, 0) is 14.8 Å². The lowest BCUT2D eigenvalue weighted by Crippen LogP contribution is -2.50. The smallest absolute Gasteiger partial charge is 0.274 e. The van der Waals surface area contributed by atoms with E-state index in [1.165, 1.54) is 27.8 Å². The van der Waals surface area contributed by atoms with Crippen LogP contribution in [0.2, 0.25) is 4.34 Å². The molecule has 1 atom stereocenters. The fraction of sp³-hybridized carbons (Fsp3) is 0.429. The third kappa shape index (κ3) is 4.49. The molecule has 4 heterocycles. The van der Waals surface area contributed by atoms with Gasteiger partial charge in [-0.3, -0.25) is 4.79 Å². The highest BCUT2D eigenvalue weighted by atomic mass is 35.5. The predicted molar refractivity (Wildman–Crippen MR) is 126 cm³/mol. The summed E-state index contributed by atoms with van der Waals surface area (Å²) in [6.45, 7) is 1.26. The molecule has 0 saturated carbocycles. The van der Waals surface area contributed by atoms with Gasteiger partial charge in [0, 0.05) is 32.5 Å². The Balaban J connectivity index is 1.22. The third-order valence-electron chi connectivity index (χ3n) is 5.97. The Morgan fingerprint density at radius 3 is 2.61 bits per heavy atom. The van der Waals surface area contributed by atoms with E-state index in [2.05, 4.69) is 4.98 Å². The molecule has 1 amide bonds. The largest absolute Gasteiger partial charge is 0.467 e. The maximum Gasteiger partial charge on any atom is 0.274 e. The molecule has 176 valence electrons. The van der Waals surface area contributed by atoms with Crippen molar-refractivity contribution in [2.45, 2.75) is 42.0 Å². The predicted octanol–water partition coefficient (Wildman–Crippen LogP) is 4.37. The van der Waals surface area contributed by atoms with Crippen LogP contribution >= 0.6 is 34.3 Å². The first kappa shape index (κ1) is 23.0. The lowest BCUT2D eigenvalue weighted by Gasteiger charge is -2.34. The SMILES string of the molecule is O=C(C1CCCN1S(=O)(=O)c1ccc(Cl)s1)N1CCC(Oc2nc3c(F)cccc3s2)CC1. The van der Waals surface area contributed by atoms with Crippen molar-refractivity contribution < 1.29 is 22.3 Å². The minimum atomic E-state index is -3.76. The molecule has 1 aromatic carbocycles. The molecule has 1 unspecified atom stereocenters. The number of sulfonamides is 1. The topological polar surface area (TPSA) is 79.8 Å². The average Bonchev–Trinajstić information content (AvgIpc) is 3.53. The second-order valence-corrected chi connectivity index (χ2v) is 12.9. The molecule has 2 aliphatic heterocycles. The number of hydrogen-bond acceptors (Lipinski definition) is 7. The normalized spacial score (nSPS) is 20.5. The van der Waals surface area contributed by atoms with E-state index in [0.717, 1.165) is 16.0 Å². The molecule has 0 aliphatic carbocycles. The first-order chi connectivity index (χ1) is 15.8. The Kier molecular flexibility index (Phi) is 6.34. The van der Waals surface area contributed by atoms with E-state index in [9.17, 15) is 17.6 Å². The van der Waals surface area contributed by atoms with E-state index < -0.39 is 16.1 Å². The number of thiophene rings is 1. The number of aromatic nitrogens is 1. The summed E-state index contributed by atoms with van der Waals surface area (Å²) in [5.41, 5.74) is 0.305. The van der Waals surface area contributed by atoms with Crippen LogP contribution in [0.15, 0.2) is 34.5 Å². The summed E-state index contributed by atoms with van der Waals surface area (Å²) in [5.74, 6) is -0.542. The number of ether oxygens (including phenoxy) is 1. The minimum absolute atomic E-state index is 0.130. The summed E-state index contributed by atoms with van der Waals surface area (Å²) >= 11 is 8.22. The van der Waals surface area contributed by atoms with Gasteiger partial charge in [-0.05, 0) is 37.1 Å². The van der Waals surface area contributed by atoms with Crippen LogP contribution in [0.25, 0.3) is 10.2 Å². The maximum atomic E-state index is 13.9. The van der Waals surface area contributed by atoms with Gasteiger partial charge in [0.05, 0.1) is 9.04 Å². The average molecular weight is 530 g/mol. The van der Waals surface area contributed by atoms with Crippen molar-refractivity contribution in [3.05, 3.63) is 40.5 Å². The molecule has 0 spiro atoms. The molecule has 0 N–H and O–H groups in total. The van der Waals surface area contributed by atoms with E-state index in [-0.39, 0.29) is 22.0 Å². The fourth-order valence-electron chi connectivity index (χ4n) is 4.32. The van der Waals surface area contributed by atoms with Gasteiger partial charge >= 0.3 is 0 Å². The highest BCUT2D eigenvalue weighted by Gasteiger charge is 2.42. The number of para-hydroxylation sites is 1. The van der Waals surface area contributed by atoms with Gasteiger partial charge in [-0.1, -0.05) is 29.0 Å². The van der Waals surface area contributed by atoms with Gasteiger partial charge in [-0.25, -0.2) is 12.8 Å². The summed E-state index contributed by atoms with van der Waals surface area (Å²) in [6.07, 6.45) is 2.22. The fourth-order valence-corrected chi connectivity index (χ4v) is 8.48. The lowest BCUT2D eigenvalue weighted by molar-refractivity contribution is -0.136. The molecule has 2 aliphatic rings. The number of nitrogens with zero attached hydrogens (tertiary/aromatic N) is 3. The van der Waals surface area contributed by atoms with Crippen molar-refractivity contribution in [1.29, 1.82) is 0 Å². The van der Waals surface area contributed by atoms with E-state index >= 15 is 0 Å². The van der Waals surface area contributed by atoms with Crippen molar-refractivity contribution >= 4 is 60.4 Å². The van der Waals surface area contributed by atoms with Crippen LogP contribution in [-0.4, -0.2) is 60.3 Å². The molecule has 0 bridgehead atoms. The van der Waals surface area contributed by atoms with Crippen LogP contribution in [0.4, 0.5) is 4.39 Å². The molecule has 2 saturated heterocycles. The van der Waals surface area contributed by atoms with Gasteiger partial charge in [-0.2, -0.15) is 9.29 Å². The first-order valence-electron chi connectivity index (χ1n) is 10.6. The van der Waals surface area contributed by atoms with Gasteiger partial charge in [0.1, 0.15) is 27.7 Å². The number of piperidine rings is 1. The Bertz CT molecular complexity index is 1290. The van der Waals surface area contributed by atoms with Gasteiger partial charge in [-0.15, -0.1) is 11.3 Å². The molecule has 3 aromatic rings. The number of carbonyl (C=O) groups is 1. The molecule has 7 nitrogen and oxygen atoms in total. The molecular formula is C21H21ClFN3O4S3. The van der Waals surface area contributed by atoms with E-state index in [1.54, 1.807) is 23.1 Å². The van der Waals surface area contributed by atoms with Crippen molar-refractivity contribution in [2.24, 2.45) is 0 Å². The standard InChI is InChI=1S/C21H21ClFN3O4S3/c22-17-6-7-18(32-17)33(28,29)26-10-2-4-15(26)20(27)25-11-8-13(9-12-25)30-21-24-19-14(23)3-1-5-16(19)31-21/h1,3,5-7,13,15H,2,4,8-12H2. The Morgan fingerprint density at radius 1 is 1.12 bits per heavy atom. The highest BCUT2D eigenvalue weighted by molar-refractivity contribution is 7.91. The molecule has 0 radical (unpaired) electrons. The van der Waals surface area contributed by atoms with Crippen LogP contribution in [0.1, 0.15) is 25.7 Å². The number of likely N-dealkylation sites (tertiary alicyclic amines) is 1. The third-order valence-corrected chi connectivity index (χ3v) is 10.5. The summed E-state index contributed by atoms with van der Waals surface area (Å²) in [5, 5.41) is 0.419. The van der Waals surface area contributed by atoms with Crippen LogP contribution in [0.3, 0.4) is 0 Å². The summed E-state index contributed by atoms with van der Waals surface area (Å²) in [4.78, 5) is 19.2. The Morgan fingerprint density at radius 2 is 1.91 bits per heavy atom. The van der Waals surface area contributed by atoms with Crippen LogP contribution in [0, 0.1) is 5.82 Å². The number of amides is 1. The van der Waals surface area contributed by atoms with Crippen molar-refractivity contribution in [3.63, 3.8) is 0 Å². The van der Waals surface area contributed by atoms with Gasteiger partial charge in [0.25, 0.3) is 15.2 Å². The van der Waals surface area contributed by atoms with E-state index in [0.29, 0.717) is 60.4 Å².